The maximum Gasteiger partial charge on any atom is 0.197 e. The number of benzene rings is 1. The normalized spacial score (nSPS) is 15.2. The van der Waals surface area contributed by atoms with Crippen LogP contribution in [0.5, 0.6) is 0 Å². The minimum atomic E-state index is 0.834. The van der Waals surface area contributed by atoms with Gasteiger partial charge in [-0.1, -0.05) is 6.07 Å². The molecule has 2 N–H and O–H groups in total. The molecule has 0 aliphatic carbocycles. The zero-order valence-corrected chi connectivity index (χ0v) is 14.5. The standard InChI is InChI=1S/C18H22N6/c1-12-4-5-15-16(10-12)21-18(24-14(3)11-13(2)22-24)17(20-15)23-8-6-19-7-9-23/h4-5,10-11,19H,6-9H2,1-3H3/p+1. The Morgan fingerprint density at radius 3 is 2.38 bits per heavy atom. The molecule has 1 aliphatic heterocycles. The Kier molecular flexibility index (Phi) is 3.69. The van der Waals surface area contributed by atoms with Gasteiger partial charge in [0, 0.05) is 5.69 Å². The van der Waals surface area contributed by atoms with Gasteiger partial charge in [0.25, 0.3) is 0 Å². The second-order valence-corrected chi connectivity index (χ2v) is 6.55. The largest absolute Gasteiger partial charge is 0.343 e. The van der Waals surface area contributed by atoms with Crippen LogP contribution >= 0.6 is 0 Å². The number of rotatable bonds is 2. The molecule has 6 nitrogen and oxygen atoms in total. The molecule has 3 aromatic rings. The first-order chi connectivity index (χ1) is 11.6. The fourth-order valence-corrected chi connectivity index (χ4v) is 3.31. The van der Waals surface area contributed by atoms with Crippen LogP contribution in [0.4, 0.5) is 5.82 Å². The van der Waals surface area contributed by atoms with E-state index in [0.29, 0.717) is 0 Å². The van der Waals surface area contributed by atoms with Crippen LogP contribution in [-0.2, 0) is 0 Å². The second-order valence-electron chi connectivity index (χ2n) is 6.55. The molecule has 1 saturated heterocycles. The second kappa shape index (κ2) is 5.87. The molecule has 4 rings (SSSR count). The molecule has 0 amide bonds. The van der Waals surface area contributed by atoms with Gasteiger partial charge in [-0.3, -0.25) is 0 Å². The first kappa shape index (κ1) is 15.1. The monoisotopic (exact) mass is 323 g/mol. The number of hydrogen-bond donors (Lipinski definition) is 1. The predicted octanol–water partition coefficient (Wildman–Crippen LogP) is 1.12. The van der Waals surface area contributed by atoms with Gasteiger partial charge in [-0.05, 0) is 44.5 Å². The summed E-state index contributed by atoms with van der Waals surface area (Å²) in [4.78, 5) is 12.2. The van der Waals surface area contributed by atoms with Crippen LogP contribution in [0.15, 0.2) is 24.3 Å². The zero-order valence-electron chi connectivity index (χ0n) is 14.5. The van der Waals surface area contributed by atoms with Gasteiger partial charge in [0.05, 0.1) is 42.9 Å². The van der Waals surface area contributed by atoms with E-state index >= 15 is 0 Å². The third kappa shape index (κ3) is 2.63. The number of hydrogen-bond acceptors (Lipinski definition) is 4. The predicted molar refractivity (Wildman–Crippen MR) is 94.7 cm³/mol. The number of anilines is 1. The summed E-state index contributed by atoms with van der Waals surface area (Å²) in [5, 5.41) is 6.99. The quantitative estimate of drug-likeness (QED) is 0.768. The van der Waals surface area contributed by atoms with Gasteiger partial charge in [-0.25, -0.2) is 14.6 Å². The zero-order chi connectivity index (χ0) is 16.7. The molecule has 24 heavy (non-hydrogen) atoms. The summed E-state index contributed by atoms with van der Waals surface area (Å²) in [5.74, 6) is 1.77. The summed E-state index contributed by atoms with van der Waals surface area (Å²) < 4.78 is 1.93. The fraction of sp³-hybridized carbons (Fsp3) is 0.389. The van der Waals surface area contributed by atoms with E-state index in [1.165, 1.54) is 5.56 Å². The number of nitrogens with two attached hydrogens (primary N) is 1. The van der Waals surface area contributed by atoms with Crippen molar-refractivity contribution in [3.8, 4) is 5.82 Å². The number of quaternary nitrogens is 1. The van der Waals surface area contributed by atoms with Crippen molar-refractivity contribution in [2.45, 2.75) is 20.8 Å². The lowest BCUT2D eigenvalue weighted by atomic mass is 10.2. The lowest BCUT2D eigenvalue weighted by Gasteiger charge is -2.27. The summed E-state index contributed by atoms with van der Waals surface area (Å²) in [6.45, 7) is 10.3. The SMILES string of the molecule is Cc1ccc2nc(N3CC[NH2+]CC3)c(-n3nc(C)cc3C)nc2c1. The lowest BCUT2D eigenvalue weighted by Crippen LogP contribution is -2.89. The summed E-state index contributed by atoms with van der Waals surface area (Å²) in [6, 6.07) is 8.32. The van der Waals surface area contributed by atoms with Crippen molar-refractivity contribution in [2.24, 2.45) is 0 Å². The first-order valence-electron chi connectivity index (χ1n) is 8.50. The Bertz CT molecular complexity index is 892. The molecule has 2 aromatic heterocycles. The van der Waals surface area contributed by atoms with Gasteiger partial charge in [-0.2, -0.15) is 5.10 Å². The minimum Gasteiger partial charge on any atom is -0.343 e. The topological polar surface area (TPSA) is 63.5 Å². The molecule has 0 spiro atoms. The summed E-state index contributed by atoms with van der Waals surface area (Å²) >= 11 is 0. The number of aromatic nitrogens is 4. The molecule has 0 atom stereocenters. The smallest absolute Gasteiger partial charge is 0.197 e. The Hall–Kier alpha value is -2.47. The summed E-state index contributed by atoms with van der Waals surface area (Å²) in [5.41, 5.74) is 5.13. The van der Waals surface area contributed by atoms with Crippen molar-refractivity contribution in [1.29, 1.82) is 0 Å². The highest BCUT2D eigenvalue weighted by atomic mass is 15.4. The van der Waals surface area contributed by atoms with Gasteiger partial charge in [0.2, 0.25) is 0 Å². The van der Waals surface area contributed by atoms with E-state index in [2.05, 4.69) is 53.4 Å². The van der Waals surface area contributed by atoms with Gasteiger partial charge < -0.3 is 10.2 Å². The lowest BCUT2D eigenvalue weighted by molar-refractivity contribution is -0.655. The van der Waals surface area contributed by atoms with E-state index in [1.54, 1.807) is 0 Å². The van der Waals surface area contributed by atoms with E-state index in [1.807, 2.05) is 11.6 Å². The van der Waals surface area contributed by atoms with Crippen molar-refractivity contribution in [2.75, 3.05) is 31.1 Å². The molecular weight excluding hydrogens is 300 g/mol. The Balaban J connectivity index is 1.95. The molecule has 0 bridgehead atoms. The summed E-state index contributed by atoms with van der Waals surface area (Å²) in [7, 11) is 0. The Labute approximate surface area is 141 Å². The van der Waals surface area contributed by atoms with Crippen molar-refractivity contribution in [1.82, 2.24) is 19.7 Å². The van der Waals surface area contributed by atoms with Crippen molar-refractivity contribution >= 4 is 16.9 Å². The number of fused-ring (bicyclic) bond motifs is 1. The molecular formula is C18H23N6+. The van der Waals surface area contributed by atoms with Crippen molar-refractivity contribution in [3.05, 3.63) is 41.2 Å². The van der Waals surface area contributed by atoms with Crippen molar-refractivity contribution in [3.63, 3.8) is 0 Å². The molecule has 1 aromatic carbocycles. The van der Waals surface area contributed by atoms with E-state index in [9.17, 15) is 0 Å². The van der Waals surface area contributed by atoms with Gasteiger partial charge in [0.15, 0.2) is 11.6 Å². The van der Waals surface area contributed by atoms with E-state index in [0.717, 1.165) is 60.2 Å². The van der Waals surface area contributed by atoms with Crippen LogP contribution < -0.4 is 10.2 Å². The van der Waals surface area contributed by atoms with Crippen LogP contribution in [0.25, 0.3) is 16.9 Å². The number of piperazine rings is 1. The fourth-order valence-electron chi connectivity index (χ4n) is 3.31. The maximum absolute atomic E-state index is 4.96. The maximum atomic E-state index is 4.96. The van der Waals surface area contributed by atoms with E-state index in [4.69, 9.17) is 9.97 Å². The van der Waals surface area contributed by atoms with E-state index in [-0.39, 0.29) is 0 Å². The number of nitrogens with zero attached hydrogens (tertiary/aromatic N) is 5. The Morgan fingerprint density at radius 2 is 1.67 bits per heavy atom. The average Bonchev–Trinajstić information content (AvgIpc) is 2.92. The third-order valence-corrected chi connectivity index (χ3v) is 4.50. The van der Waals surface area contributed by atoms with Crippen LogP contribution in [0.2, 0.25) is 0 Å². The molecule has 0 saturated carbocycles. The minimum absolute atomic E-state index is 0.834. The van der Waals surface area contributed by atoms with E-state index < -0.39 is 0 Å². The first-order valence-corrected chi connectivity index (χ1v) is 8.50. The molecule has 124 valence electrons. The molecule has 0 unspecified atom stereocenters. The molecule has 0 radical (unpaired) electrons. The summed E-state index contributed by atoms with van der Waals surface area (Å²) in [6.07, 6.45) is 0. The number of aryl methyl sites for hydroxylation is 3. The van der Waals surface area contributed by atoms with Crippen LogP contribution in [0.3, 0.4) is 0 Å². The van der Waals surface area contributed by atoms with Crippen molar-refractivity contribution < 1.29 is 5.32 Å². The van der Waals surface area contributed by atoms with Crippen LogP contribution in [0, 0.1) is 20.8 Å². The average molecular weight is 323 g/mol. The highest BCUT2D eigenvalue weighted by Crippen LogP contribution is 2.25. The van der Waals surface area contributed by atoms with Gasteiger partial charge >= 0.3 is 0 Å². The molecule has 1 fully saturated rings. The molecule has 3 heterocycles. The third-order valence-electron chi connectivity index (χ3n) is 4.50. The van der Waals surface area contributed by atoms with Crippen LogP contribution in [0.1, 0.15) is 17.0 Å². The highest BCUT2D eigenvalue weighted by molar-refractivity contribution is 5.79. The van der Waals surface area contributed by atoms with Crippen LogP contribution in [-0.4, -0.2) is 45.9 Å². The highest BCUT2D eigenvalue weighted by Gasteiger charge is 2.22. The van der Waals surface area contributed by atoms with Gasteiger partial charge in [-0.15, -0.1) is 0 Å². The Morgan fingerprint density at radius 1 is 0.917 bits per heavy atom. The molecule has 1 aliphatic rings. The van der Waals surface area contributed by atoms with Gasteiger partial charge in [0.1, 0.15) is 0 Å². The molecule has 6 heteroatoms.